The highest BCUT2D eigenvalue weighted by Gasteiger charge is 2.46. The predicted molar refractivity (Wildman–Crippen MR) is 143 cm³/mol. The number of rotatable bonds is 6. The molecule has 15 heteroatoms. The lowest BCUT2D eigenvalue weighted by Crippen LogP contribution is -2.59. The van der Waals surface area contributed by atoms with Crippen LogP contribution >= 0.6 is 0 Å². The Bertz CT molecular complexity index is 1540. The molecule has 0 radical (unpaired) electrons. The third-order valence-corrected chi connectivity index (χ3v) is 7.63. The van der Waals surface area contributed by atoms with Crippen LogP contribution in [0.1, 0.15) is 13.8 Å². The SMILES string of the molecule is C[C@H]1[C@H](Oc2c(-c3ccc(O)c(O)c3)oc3cc(O)cc(O)c3c2=O)O[C@H](CO[C@@H]2O[C@@H](C)[C@H](O)[C@@H](O)[C@H]2O)[C@@H](O)[C@@H]1O. The molecule has 3 heterocycles. The number of benzene rings is 2. The molecule has 15 nitrogen and oxygen atoms in total. The summed E-state index contributed by atoms with van der Waals surface area (Å²) in [5.41, 5.74) is -1.09. The van der Waals surface area contributed by atoms with E-state index in [4.69, 9.17) is 23.4 Å². The Kier molecular flexibility index (Phi) is 8.43. The highest BCUT2D eigenvalue weighted by Crippen LogP contribution is 2.40. The minimum absolute atomic E-state index is 0.0503. The Labute approximate surface area is 242 Å². The minimum atomic E-state index is -1.64. The monoisotopic (exact) mass is 608 g/mol. The van der Waals surface area contributed by atoms with Crippen molar-refractivity contribution in [3.63, 3.8) is 0 Å². The lowest BCUT2D eigenvalue weighted by molar-refractivity contribution is -0.313. The van der Waals surface area contributed by atoms with Gasteiger partial charge in [-0.2, -0.15) is 0 Å². The van der Waals surface area contributed by atoms with E-state index in [9.17, 15) is 50.8 Å². The average molecular weight is 609 g/mol. The summed E-state index contributed by atoms with van der Waals surface area (Å²) in [7, 11) is 0. The van der Waals surface area contributed by atoms with E-state index in [1.807, 2.05) is 0 Å². The van der Waals surface area contributed by atoms with Gasteiger partial charge in [-0.25, -0.2) is 0 Å². The van der Waals surface area contributed by atoms with E-state index in [2.05, 4.69) is 0 Å². The highest BCUT2D eigenvalue weighted by molar-refractivity contribution is 5.88. The Morgan fingerprint density at radius 2 is 1.49 bits per heavy atom. The summed E-state index contributed by atoms with van der Waals surface area (Å²) in [6, 6.07) is 5.51. The van der Waals surface area contributed by atoms with Gasteiger partial charge in [0.25, 0.3) is 0 Å². The van der Waals surface area contributed by atoms with Gasteiger partial charge in [-0.3, -0.25) is 4.79 Å². The van der Waals surface area contributed by atoms with Crippen LogP contribution in [-0.2, 0) is 14.2 Å². The van der Waals surface area contributed by atoms with E-state index >= 15 is 0 Å². The van der Waals surface area contributed by atoms with Crippen LogP contribution in [0.3, 0.4) is 0 Å². The topological polar surface area (TPSA) is 249 Å². The van der Waals surface area contributed by atoms with E-state index in [-0.39, 0.29) is 22.3 Å². The van der Waals surface area contributed by atoms with Gasteiger partial charge in [-0.05, 0) is 25.1 Å². The molecule has 3 aromatic rings. The summed E-state index contributed by atoms with van der Waals surface area (Å²) >= 11 is 0. The van der Waals surface area contributed by atoms with Gasteiger partial charge in [0, 0.05) is 23.6 Å². The number of aliphatic hydroxyl groups excluding tert-OH is 5. The minimum Gasteiger partial charge on any atom is -0.508 e. The number of phenolic OH excluding ortho intramolecular Hbond substituents is 4. The smallest absolute Gasteiger partial charge is 0.239 e. The maximum Gasteiger partial charge on any atom is 0.239 e. The number of aromatic hydroxyl groups is 4. The Morgan fingerprint density at radius 1 is 0.767 bits per heavy atom. The van der Waals surface area contributed by atoms with Crippen LogP contribution in [0.5, 0.6) is 28.7 Å². The van der Waals surface area contributed by atoms with Crippen LogP contribution in [0, 0.1) is 5.92 Å². The fourth-order valence-electron chi connectivity index (χ4n) is 5.03. The van der Waals surface area contributed by atoms with Crippen LogP contribution in [0.4, 0.5) is 0 Å². The number of aliphatic hydroxyl groups is 5. The molecule has 9 N–H and O–H groups in total. The summed E-state index contributed by atoms with van der Waals surface area (Å²) in [5, 5.41) is 91.5. The fraction of sp³-hybridized carbons (Fsp3) is 0.464. The lowest BCUT2D eigenvalue weighted by Gasteiger charge is -2.43. The molecule has 0 saturated carbocycles. The molecule has 234 valence electrons. The zero-order valence-electron chi connectivity index (χ0n) is 22.8. The molecule has 2 aromatic carbocycles. The summed E-state index contributed by atoms with van der Waals surface area (Å²) < 4.78 is 28.5. The van der Waals surface area contributed by atoms with Gasteiger partial charge >= 0.3 is 0 Å². The molecule has 2 fully saturated rings. The molecule has 43 heavy (non-hydrogen) atoms. The zero-order chi connectivity index (χ0) is 31.3. The van der Waals surface area contributed by atoms with Crippen LogP contribution in [-0.4, -0.2) is 108 Å². The van der Waals surface area contributed by atoms with Crippen molar-refractivity contribution in [1.29, 1.82) is 0 Å². The normalized spacial score (nSPS) is 33.0. The largest absolute Gasteiger partial charge is 0.508 e. The molecule has 2 aliphatic heterocycles. The number of hydrogen-bond acceptors (Lipinski definition) is 15. The lowest BCUT2D eigenvalue weighted by atomic mass is 9.92. The standard InChI is InChI=1S/C28H32O15/c1-9-19(33)21(35)17(8-39-28-24(38)23(37)20(34)10(2)40-28)42-27(9)43-26-22(36)18-15(32)6-12(29)7-16(18)41-25(26)11-3-4-13(30)14(31)5-11/h3-7,9-10,17,19-21,23-24,27-35,37-38H,8H2,1-2H3/t9-,10+,17-,19-,20+,21-,23-,24-,27+,28-/m1/s1. The first-order chi connectivity index (χ1) is 20.3. The second-order valence-electron chi connectivity index (χ2n) is 10.6. The first-order valence-electron chi connectivity index (χ1n) is 13.3. The van der Waals surface area contributed by atoms with E-state index < -0.39 is 102 Å². The maximum atomic E-state index is 13.7. The van der Waals surface area contributed by atoms with Crippen LogP contribution in [0.25, 0.3) is 22.3 Å². The molecule has 0 amide bonds. The van der Waals surface area contributed by atoms with E-state index in [1.165, 1.54) is 19.9 Å². The Hall–Kier alpha value is -3.67. The molecule has 0 aliphatic carbocycles. The fourth-order valence-corrected chi connectivity index (χ4v) is 5.03. The van der Waals surface area contributed by atoms with E-state index in [0.717, 1.165) is 24.3 Å². The van der Waals surface area contributed by atoms with Gasteiger partial charge in [0.2, 0.25) is 17.5 Å². The van der Waals surface area contributed by atoms with Gasteiger partial charge < -0.3 is 69.3 Å². The van der Waals surface area contributed by atoms with Gasteiger partial charge in [-0.15, -0.1) is 0 Å². The molecule has 1 aromatic heterocycles. The number of hydrogen-bond donors (Lipinski definition) is 9. The zero-order valence-corrected chi connectivity index (χ0v) is 22.8. The van der Waals surface area contributed by atoms with Crippen molar-refractivity contribution in [1.82, 2.24) is 0 Å². The Balaban J connectivity index is 1.48. The van der Waals surface area contributed by atoms with Crippen LogP contribution in [0.15, 0.2) is 39.5 Å². The maximum absolute atomic E-state index is 13.7. The summed E-state index contributed by atoms with van der Waals surface area (Å²) in [6.07, 6.45) is -12.7. The molecule has 0 unspecified atom stereocenters. The van der Waals surface area contributed by atoms with Gasteiger partial charge in [0.1, 0.15) is 53.0 Å². The first-order valence-corrected chi connectivity index (χ1v) is 13.3. The van der Waals surface area contributed by atoms with Crippen LogP contribution in [0.2, 0.25) is 0 Å². The third-order valence-electron chi connectivity index (χ3n) is 7.63. The van der Waals surface area contributed by atoms with E-state index in [1.54, 1.807) is 0 Å². The van der Waals surface area contributed by atoms with Crippen molar-refractivity contribution in [2.45, 2.75) is 69.2 Å². The molecule has 5 rings (SSSR count). The second kappa shape index (κ2) is 11.8. The van der Waals surface area contributed by atoms with Gasteiger partial charge in [-0.1, -0.05) is 6.92 Å². The molecule has 0 bridgehead atoms. The quantitative estimate of drug-likeness (QED) is 0.161. The molecule has 2 aliphatic rings. The predicted octanol–water partition coefficient (Wildman–Crippen LogP) is -0.412. The summed E-state index contributed by atoms with van der Waals surface area (Å²) in [4.78, 5) is 13.7. The van der Waals surface area contributed by atoms with Crippen molar-refractivity contribution >= 4 is 11.0 Å². The van der Waals surface area contributed by atoms with Crippen molar-refractivity contribution in [3.8, 4) is 40.1 Å². The number of phenols is 4. The van der Waals surface area contributed by atoms with Crippen LogP contribution < -0.4 is 10.2 Å². The van der Waals surface area contributed by atoms with Gasteiger partial charge in [0.15, 0.2) is 23.5 Å². The second-order valence-corrected chi connectivity index (χ2v) is 10.6. The Morgan fingerprint density at radius 3 is 2.19 bits per heavy atom. The molecule has 10 atom stereocenters. The van der Waals surface area contributed by atoms with Crippen molar-refractivity contribution in [2.24, 2.45) is 5.92 Å². The summed E-state index contributed by atoms with van der Waals surface area (Å²) in [5.74, 6) is -3.84. The molecule has 2 saturated heterocycles. The van der Waals surface area contributed by atoms with Gasteiger partial charge in [0.05, 0.1) is 18.8 Å². The van der Waals surface area contributed by atoms with Crippen molar-refractivity contribution in [2.75, 3.05) is 6.61 Å². The van der Waals surface area contributed by atoms with E-state index in [0.29, 0.717) is 0 Å². The summed E-state index contributed by atoms with van der Waals surface area (Å²) in [6.45, 7) is 2.43. The third kappa shape index (κ3) is 5.69. The highest BCUT2D eigenvalue weighted by atomic mass is 16.7. The van der Waals surface area contributed by atoms with Crippen molar-refractivity contribution in [3.05, 3.63) is 40.6 Å². The molecular formula is C28H32O15. The number of fused-ring (bicyclic) bond motifs is 1. The van der Waals surface area contributed by atoms with Crippen molar-refractivity contribution < 1.29 is 69.3 Å². The molecule has 0 spiro atoms. The number of ether oxygens (including phenoxy) is 4. The molecular weight excluding hydrogens is 576 g/mol. The first kappa shape index (κ1) is 30.8. The average Bonchev–Trinajstić information content (AvgIpc) is 2.96.